The number of rotatable bonds is 3. The Kier molecular flexibility index (Phi) is 5.19. The van der Waals surface area contributed by atoms with E-state index in [0.29, 0.717) is 0 Å². The first-order valence-electron chi connectivity index (χ1n) is 8.01. The maximum absolute atomic E-state index is 11.1. The highest BCUT2D eigenvalue weighted by Crippen LogP contribution is 2.24. The van der Waals surface area contributed by atoms with Crippen molar-refractivity contribution in [2.24, 2.45) is 10.1 Å². The van der Waals surface area contributed by atoms with Crippen LogP contribution in [0.2, 0.25) is 0 Å². The van der Waals surface area contributed by atoms with Crippen molar-refractivity contribution in [3.8, 4) is 0 Å². The Balaban J connectivity index is 1.73. The molecule has 6 heteroatoms. The normalized spacial score (nSPS) is 15.5. The third-order valence-corrected chi connectivity index (χ3v) is 4.84. The topological polar surface area (TPSA) is 65.8 Å². The number of amides is 1. The number of anilines is 1. The summed E-state index contributed by atoms with van der Waals surface area (Å²) in [7, 11) is 0. The van der Waals surface area contributed by atoms with E-state index in [-0.39, 0.29) is 5.91 Å². The molecule has 2 aromatic rings. The van der Waals surface area contributed by atoms with Gasteiger partial charge in [-0.25, -0.2) is 4.99 Å². The van der Waals surface area contributed by atoms with Crippen LogP contribution in [0.25, 0.3) is 0 Å². The van der Waals surface area contributed by atoms with Gasteiger partial charge in [0, 0.05) is 18.4 Å². The van der Waals surface area contributed by atoms with Gasteiger partial charge in [0.25, 0.3) is 0 Å². The van der Waals surface area contributed by atoms with Gasteiger partial charge in [-0.3, -0.25) is 10.2 Å². The molecule has 2 N–H and O–H groups in total. The lowest BCUT2D eigenvalue weighted by atomic mass is 10.1. The molecule has 1 aliphatic heterocycles. The van der Waals surface area contributed by atoms with Crippen LogP contribution in [-0.2, 0) is 4.79 Å². The molecule has 0 saturated heterocycles. The minimum Gasteiger partial charge on any atom is -0.326 e. The highest BCUT2D eigenvalue weighted by Gasteiger charge is 2.13. The predicted octanol–water partition coefficient (Wildman–Crippen LogP) is 3.99. The molecule has 0 aromatic heterocycles. The van der Waals surface area contributed by atoms with Crippen molar-refractivity contribution in [2.45, 2.75) is 20.8 Å². The van der Waals surface area contributed by atoms with Gasteiger partial charge >= 0.3 is 0 Å². The summed E-state index contributed by atoms with van der Waals surface area (Å²) in [6.07, 6.45) is 0. The zero-order valence-electron chi connectivity index (χ0n) is 14.5. The molecule has 2 aromatic carbocycles. The van der Waals surface area contributed by atoms with Crippen molar-refractivity contribution in [2.75, 3.05) is 11.1 Å². The molecule has 0 fully saturated rings. The number of hydrazone groups is 1. The molecule has 0 saturated carbocycles. The highest BCUT2D eigenvalue weighted by molar-refractivity contribution is 8.14. The molecule has 1 amide bonds. The molecule has 0 spiro atoms. The average molecular weight is 352 g/mol. The van der Waals surface area contributed by atoms with Gasteiger partial charge in [-0.1, -0.05) is 36.0 Å². The fraction of sp³-hybridized carbons (Fsp3) is 0.211. The highest BCUT2D eigenvalue weighted by atomic mass is 32.2. The van der Waals surface area contributed by atoms with Gasteiger partial charge in [-0.15, -0.1) is 0 Å². The van der Waals surface area contributed by atoms with Crippen molar-refractivity contribution in [1.82, 2.24) is 5.43 Å². The van der Waals surface area contributed by atoms with Crippen molar-refractivity contribution >= 4 is 39.9 Å². The summed E-state index contributed by atoms with van der Waals surface area (Å²) < 4.78 is 0. The molecule has 0 unspecified atom stereocenters. The smallest absolute Gasteiger partial charge is 0.221 e. The molecule has 128 valence electrons. The Hall–Kier alpha value is -2.60. The second-order valence-corrected chi connectivity index (χ2v) is 6.82. The van der Waals surface area contributed by atoms with E-state index >= 15 is 0 Å². The molecule has 3 rings (SSSR count). The van der Waals surface area contributed by atoms with Crippen LogP contribution in [0.1, 0.15) is 23.6 Å². The lowest BCUT2D eigenvalue weighted by molar-refractivity contribution is -0.114. The van der Waals surface area contributed by atoms with Crippen LogP contribution >= 0.6 is 11.8 Å². The summed E-state index contributed by atoms with van der Waals surface area (Å²) in [5.41, 5.74) is 9.18. The van der Waals surface area contributed by atoms with E-state index in [9.17, 15) is 4.79 Å². The number of hydrogen-bond acceptors (Lipinski definition) is 4. The number of benzene rings is 2. The minimum absolute atomic E-state index is 0.0766. The Morgan fingerprint density at radius 1 is 1.20 bits per heavy atom. The second-order valence-electron chi connectivity index (χ2n) is 5.85. The van der Waals surface area contributed by atoms with Crippen LogP contribution < -0.4 is 10.7 Å². The Morgan fingerprint density at radius 3 is 2.60 bits per heavy atom. The molecule has 0 radical (unpaired) electrons. The van der Waals surface area contributed by atoms with E-state index in [1.165, 1.54) is 18.1 Å². The van der Waals surface area contributed by atoms with Gasteiger partial charge in [0.05, 0.1) is 11.4 Å². The Morgan fingerprint density at radius 2 is 1.96 bits per heavy atom. The lowest BCUT2D eigenvalue weighted by Gasteiger charge is -2.15. The third-order valence-electron chi connectivity index (χ3n) is 3.97. The van der Waals surface area contributed by atoms with Crippen molar-refractivity contribution in [1.29, 1.82) is 0 Å². The molecular weight excluding hydrogens is 332 g/mol. The standard InChI is InChI=1S/C19H20N4OS/c1-12-5-4-6-17(13(12)2)21-19-23-22-18(11-25-19)15-7-9-16(10-8-15)20-14(3)24/h4-10H,11H2,1-3H3,(H,20,24)(H,21,23). The van der Waals surface area contributed by atoms with Crippen LogP contribution in [0.4, 0.5) is 11.4 Å². The molecule has 5 nitrogen and oxygen atoms in total. The van der Waals surface area contributed by atoms with Gasteiger partial charge in [0.15, 0.2) is 5.17 Å². The lowest BCUT2D eigenvalue weighted by Crippen LogP contribution is -2.25. The van der Waals surface area contributed by atoms with Gasteiger partial charge in [-0.2, -0.15) is 5.10 Å². The average Bonchev–Trinajstić information content (AvgIpc) is 2.60. The molecule has 0 bridgehead atoms. The first kappa shape index (κ1) is 17.2. The summed E-state index contributed by atoms with van der Waals surface area (Å²) in [5, 5.41) is 8.01. The molecule has 0 aliphatic carbocycles. The van der Waals surface area contributed by atoms with E-state index in [1.54, 1.807) is 11.8 Å². The quantitative estimate of drug-likeness (QED) is 0.878. The summed E-state index contributed by atoms with van der Waals surface area (Å²) in [6.45, 7) is 5.66. The number of carbonyl (C=O) groups is 1. The van der Waals surface area contributed by atoms with E-state index in [1.807, 2.05) is 36.4 Å². The van der Waals surface area contributed by atoms with E-state index in [4.69, 9.17) is 0 Å². The van der Waals surface area contributed by atoms with Gasteiger partial charge in [0.1, 0.15) is 0 Å². The molecule has 1 aliphatic rings. The van der Waals surface area contributed by atoms with Crippen molar-refractivity contribution < 1.29 is 4.79 Å². The number of aryl methyl sites for hydroxylation is 1. The molecular formula is C19H20N4OS. The maximum Gasteiger partial charge on any atom is 0.221 e. The zero-order chi connectivity index (χ0) is 17.8. The SMILES string of the molecule is CC(=O)Nc1ccc(C2=NNC(=Nc3cccc(C)c3C)SC2)cc1. The number of carbonyl (C=O) groups excluding carboxylic acids is 1. The van der Waals surface area contributed by atoms with E-state index in [2.05, 4.69) is 40.8 Å². The number of hydrogen-bond donors (Lipinski definition) is 2. The number of nitrogens with one attached hydrogen (secondary N) is 2. The van der Waals surface area contributed by atoms with Gasteiger partial charge in [-0.05, 0) is 48.7 Å². The molecule has 25 heavy (non-hydrogen) atoms. The summed E-state index contributed by atoms with van der Waals surface area (Å²) in [6, 6.07) is 13.8. The van der Waals surface area contributed by atoms with Crippen LogP contribution in [0.5, 0.6) is 0 Å². The molecule has 0 atom stereocenters. The molecule has 1 heterocycles. The number of aliphatic imine (C=N–C) groups is 1. The second kappa shape index (κ2) is 7.53. The summed E-state index contributed by atoms with van der Waals surface area (Å²) in [5.74, 6) is 0.670. The number of thioether (sulfide) groups is 1. The van der Waals surface area contributed by atoms with Gasteiger partial charge < -0.3 is 5.32 Å². The largest absolute Gasteiger partial charge is 0.326 e. The monoisotopic (exact) mass is 352 g/mol. The van der Waals surface area contributed by atoms with Crippen molar-refractivity contribution in [3.63, 3.8) is 0 Å². The van der Waals surface area contributed by atoms with Crippen LogP contribution in [0, 0.1) is 13.8 Å². The third kappa shape index (κ3) is 4.28. The van der Waals surface area contributed by atoms with Crippen molar-refractivity contribution in [3.05, 3.63) is 59.2 Å². The van der Waals surface area contributed by atoms with Crippen LogP contribution in [0.15, 0.2) is 52.6 Å². The van der Waals surface area contributed by atoms with Crippen LogP contribution in [0.3, 0.4) is 0 Å². The number of nitrogens with zero attached hydrogens (tertiary/aromatic N) is 2. The van der Waals surface area contributed by atoms with Crippen LogP contribution in [-0.4, -0.2) is 22.5 Å². The summed E-state index contributed by atoms with van der Waals surface area (Å²) in [4.78, 5) is 15.7. The first-order chi connectivity index (χ1) is 12.0. The minimum atomic E-state index is -0.0766. The fourth-order valence-electron chi connectivity index (χ4n) is 2.44. The fourth-order valence-corrected chi connectivity index (χ4v) is 3.21. The van der Waals surface area contributed by atoms with E-state index < -0.39 is 0 Å². The summed E-state index contributed by atoms with van der Waals surface area (Å²) >= 11 is 1.63. The predicted molar refractivity (Wildman–Crippen MR) is 106 cm³/mol. The Bertz CT molecular complexity index is 856. The van der Waals surface area contributed by atoms with Gasteiger partial charge in [0.2, 0.25) is 5.91 Å². The maximum atomic E-state index is 11.1. The van der Waals surface area contributed by atoms with E-state index in [0.717, 1.165) is 33.6 Å². The Labute approximate surface area is 151 Å². The number of amidine groups is 1. The zero-order valence-corrected chi connectivity index (χ0v) is 15.3. The first-order valence-corrected chi connectivity index (χ1v) is 9.00.